The minimum atomic E-state index is -0.327. The Morgan fingerprint density at radius 2 is 1.94 bits per heavy atom. The molecule has 1 aromatic heterocycles. The van der Waals surface area contributed by atoms with E-state index in [-0.39, 0.29) is 18.0 Å². The number of carbonyl (C=O) groups excluding carboxylic acids is 1. The molecule has 0 saturated heterocycles. The van der Waals surface area contributed by atoms with E-state index < -0.39 is 0 Å². The van der Waals surface area contributed by atoms with Gasteiger partial charge in [0.25, 0.3) is 0 Å². The second-order valence-corrected chi connectivity index (χ2v) is 3.84. The monoisotopic (exact) mass is 229 g/mol. The molecule has 0 aliphatic carbocycles. The van der Waals surface area contributed by atoms with Crippen LogP contribution >= 0.6 is 0 Å². The lowest BCUT2D eigenvalue weighted by molar-refractivity contribution is -0.117. The number of halogens is 1. The van der Waals surface area contributed by atoms with Crippen molar-refractivity contribution in [3.63, 3.8) is 0 Å². The molecule has 2 aromatic rings. The maximum Gasteiger partial charge on any atom is 0.141 e. The van der Waals surface area contributed by atoms with E-state index in [1.54, 1.807) is 36.7 Å². The number of carbonyl (C=O) groups is 1. The highest BCUT2D eigenvalue weighted by Crippen LogP contribution is 2.09. The first-order valence-corrected chi connectivity index (χ1v) is 5.40. The molecule has 1 aromatic carbocycles. The predicted molar refractivity (Wildman–Crippen MR) is 63.1 cm³/mol. The van der Waals surface area contributed by atoms with Gasteiger partial charge in [0.15, 0.2) is 0 Å². The van der Waals surface area contributed by atoms with Gasteiger partial charge in [0.1, 0.15) is 11.6 Å². The van der Waals surface area contributed by atoms with Crippen LogP contribution in [-0.2, 0) is 17.6 Å². The van der Waals surface area contributed by atoms with Crippen LogP contribution in [0.3, 0.4) is 0 Å². The van der Waals surface area contributed by atoms with E-state index >= 15 is 0 Å². The zero-order valence-corrected chi connectivity index (χ0v) is 9.27. The third kappa shape index (κ3) is 3.21. The number of hydrogen-bond acceptors (Lipinski definition) is 2. The first kappa shape index (κ1) is 11.5. The summed E-state index contributed by atoms with van der Waals surface area (Å²) in [7, 11) is 0. The highest BCUT2D eigenvalue weighted by Gasteiger charge is 2.08. The van der Waals surface area contributed by atoms with Crippen molar-refractivity contribution in [1.82, 2.24) is 4.98 Å². The van der Waals surface area contributed by atoms with Crippen molar-refractivity contribution >= 4 is 5.78 Å². The molecule has 0 amide bonds. The Bertz CT molecular complexity index is 511. The molecule has 0 radical (unpaired) electrons. The summed E-state index contributed by atoms with van der Waals surface area (Å²) in [5, 5.41) is 0. The molecule has 0 saturated carbocycles. The van der Waals surface area contributed by atoms with E-state index in [2.05, 4.69) is 4.98 Å². The molecule has 86 valence electrons. The van der Waals surface area contributed by atoms with Gasteiger partial charge in [0.05, 0.1) is 0 Å². The number of benzene rings is 1. The summed E-state index contributed by atoms with van der Waals surface area (Å²) in [4.78, 5) is 15.7. The second kappa shape index (κ2) is 5.34. The Balaban J connectivity index is 2.01. The number of hydrogen-bond donors (Lipinski definition) is 0. The summed E-state index contributed by atoms with van der Waals surface area (Å²) in [6.45, 7) is 0. The molecule has 2 nitrogen and oxygen atoms in total. The van der Waals surface area contributed by atoms with Crippen LogP contribution in [0.25, 0.3) is 0 Å². The Morgan fingerprint density at radius 1 is 1.12 bits per heavy atom. The molecular weight excluding hydrogens is 217 g/mol. The van der Waals surface area contributed by atoms with Gasteiger partial charge in [-0.3, -0.25) is 9.78 Å². The molecule has 0 aliphatic rings. The Kier molecular flexibility index (Phi) is 3.60. The Hall–Kier alpha value is -2.03. The molecule has 0 aliphatic heterocycles. The van der Waals surface area contributed by atoms with Crippen molar-refractivity contribution in [2.75, 3.05) is 0 Å². The van der Waals surface area contributed by atoms with Crippen LogP contribution in [0.15, 0.2) is 48.8 Å². The molecule has 17 heavy (non-hydrogen) atoms. The standard InChI is InChI=1S/C14H12FNO/c15-14-6-2-1-5-12(14)9-13(17)8-11-4-3-7-16-10-11/h1-7,10H,8-9H2. The van der Waals surface area contributed by atoms with Gasteiger partial charge in [-0.1, -0.05) is 24.3 Å². The smallest absolute Gasteiger partial charge is 0.141 e. The van der Waals surface area contributed by atoms with E-state index in [0.29, 0.717) is 12.0 Å². The van der Waals surface area contributed by atoms with Crippen molar-refractivity contribution in [2.24, 2.45) is 0 Å². The van der Waals surface area contributed by atoms with Crippen LogP contribution in [0, 0.1) is 5.82 Å². The van der Waals surface area contributed by atoms with Gasteiger partial charge >= 0.3 is 0 Å². The molecule has 0 N–H and O–H groups in total. The number of Topliss-reactive ketones (excluding diaryl/α,β-unsaturated/α-hetero) is 1. The van der Waals surface area contributed by atoms with Crippen LogP contribution in [0.1, 0.15) is 11.1 Å². The van der Waals surface area contributed by atoms with Crippen molar-refractivity contribution < 1.29 is 9.18 Å². The summed E-state index contributed by atoms with van der Waals surface area (Å²) in [6.07, 6.45) is 3.73. The molecule has 1 heterocycles. The molecule has 0 atom stereocenters. The van der Waals surface area contributed by atoms with Crippen molar-refractivity contribution in [3.05, 3.63) is 65.7 Å². The summed E-state index contributed by atoms with van der Waals surface area (Å²) in [6, 6.07) is 9.97. The summed E-state index contributed by atoms with van der Waals surface area (Å²) in [5.74, 6) is -0.338. The number of nitrogens with zero attached hydrogens (tertiary/aromatic N) is 1. The maximum absolute atomic E-state index is 13.3. The van der Waals surface area contributed by atoms with E-state index in [9.17, 15) is 9.18 Å². The van der Waals surface area contributed by atoms with E-state index in [1.165, 1.54) is 6.07 Å². The highest BCUT2D eigenvalue weighted by molar-refractivity contribution is 5.83. The quantitative estimate of drug-likeness (QED) is 0.806. The van der Waals surface area contributed by atoms with Crippen molar-refractivity contribution in [3.8, 4) is 0 Å². The first-order valence-electron chi connectivity index (χ1n) is 5.40. The predicted octanol–water partition coefficient (Wildman–Crippen LogP) is 2.58. The fourth-order valence-corrected chi connectivity index (χ4v) is 1.65. The second-order valence-electron chi connectivity index (χ2n) is 3.84. The lowest BCUT2D eigenvalue weighted by Gasteiger charge is -2.02. The third-order valence-electron chi connectivity index (χ3n) is 2.47. The van der Waals surface area contributed by atoms with Gasteiger partial charge in [-0.25, -0.2) is 4.39 Å². The molecule has 2 rings (SSSR count). The zero-order chi connectivity index (χ0) is 12.1. The third-order valence-corrected chi connectivity index (χ3v) is 2.47. The van der Waals surface area contributed by atoms with Crippen LogP contribution < -0.4 is 0 Å². The maximum atomic E-state index is 13.3. The van der Waals surface area contributed by atoms with Gasteiger partial charge in [0.2, 0.25) is 0 Å². The minimum absolute atomic E-state index is 0.0110. The van der Waals surface area contributed by atoms with Crippen molar-refractivity contribution in [1.29, 1.82) is 0 Å². The number of rotatable bonds is 4. The number of pyridine rings is 1. The van der Waals surface area contributed by atoms with Gasteiger partial charge < -0.3 is 0 Å². The van der Waals surface area contributed by atoms with Gasteiger partial charge in [0, 0.05) is 25.2 Å². The summed E-state index contributed by atoms with van der Waals surface area (Å²) >= 11 is 0. The van der Waals surface area contributed by atoms with E-state index in [0.717, 1.165) is 5.56 Å². The fourth-order valence-electron chi connectivity index (χ4n) is 1.65. The van der Waals surface area contributed by atoms with Crippen molar-refractivity contribution in [2.45, 2.75) is 12.8 Å². The number of aromatic nitrogens is 1. The normalized spacial score (nSPS) is 10.2. The molecule has 0 fully saturated rings. The topological polar surface area (TPSA) is 30.0 Å². The zero-order valence-electron chi connectivity index (χ0n) is 9.27. The lowest BCUT2D eigenvalue weighted by Crippen LogP contribution is -2.07. The summed E-state index contributed by atoms with van der Waals surface area (Å²) < 4.78 is 13.3. The highest BCUT2D eigenvalue weighted by atomic mass is 19.1. The van der Waals surface area contributed by atoms with Gasteiger partial charge in [-0.2, -0.15) is 0 Å². The van der Waals surface area contributed by atoms with Crippen LogP contribution in [0.4, 0.5) is 4.39 Å². The average Bonchev–Trinajstić information content (AvgIpc) is 2.33. The Morgan fingerprint density at radius 3 is 2.65 bits per heavy atom. The minimum Gasteiger partial charge on any atom is -0.299 e. The van der Waals surface area contributed by atoms with Gasteiger partial charge in [-0.15, -0.1) is 0 Å². The summed E-state index contributed by atoms with van der Waals surface area (Å²) in [5.41, 5.74) is 1.30. The Labute approximate surface area is 99.1 Å². The fraction of sp³-hybridized carbons (Fsp3) is 0.143. The van der Waals surface area contributed by atoms with Crippen LogP contribution in [-0.4, -0.2) is 10.8 Å². The molecule has 0 unspecified atom stereocenters. The first-order chi connectivity index (χ1) is 8.25. The average molecular weight is 229 g/mol. The van der Waals surface area contributed by atoms with Gasteiger partial charge in [-0.05, 0) is 23.3 Å². The van der Waals surface area contributed by atoms with Crippen LogP contribution in [0.2, 0.25) is 0 Å². The van der Waals surface area contributed by atoms with E-state index in [1.807, 2.05) is 6.07 Å². The SMILES string of the molecule is O=C(Cc1cccnc1)Cc1ccccc1F. The number of ketones is 1. The van der Waals surface area contributed by atoms with E-state index in [4.69, 9.17) is 0 Å². The lowest BCUT2D eigenvalue weighted by atomic mass is 10.0. The van der Waals surface area contributed by atoms with Crippen LogP contribution in [0.5, 0.6) is 0 Å². The molecule has 3 heteroatoms. The molecule has 0 bridgehead atoms. The molecule has 0 spiro atoms. The molecular formula is C14H12FNO. The largest absolute Gasteiger partial charge is 0.299 e.